The Bertz CT molecular complexity index is 1380. The van der Waals surface area contributed by atoms with Crippen LogP contribution in [0.2, 0.25) is 0 Å². The number of pyridine rings is 2. The van der Waals surface area contributed by atoms with E-state index in [1.165, 1.54) is 40.8 Å². The van der Waals surface area contributed by atoms with E-state index >= 15 is 0 Å². The summed E-state index contributed by atoms with van der Waals surface area (Å²) in [7, 11) is 0. The van der Waals surface area contributed by atoms with E-state index in [0.29, 0.717) is 17.8 Å². The Labute approximate surface area is 207 Å². The van der Waals surface area contributed by atoms with Crippen LogP contribution in [0.1, 0.15) is 77.6 Å². The van der Waals surface area contributed by atoms with Crippen LogP contribution in [0, 0.1) is 19.8 Å². The lowest BCUT2D eigenvalue weighted by molar-refractivity contribution is 0.393. The fourth-order valence-electron chi connectivity index (χ4n) is 5.52. The topological polar surface area (TPSA) is 51.8 Å². The summed E-state index contributed by atoms with van der Waals surface area (Å²) >= 11 is 0. The van der Waals surface area contributed by atoms with Gasteiger partial charge in [-0.05, 0) is 86.3 Å². The molecule has 2 atom stereocenters. The van der Waals surface area contributed by atoms with Crippen molar-refractivity contribution in [2.24, 2.45) is 5.92 Å². The Morgan fingerprint density at radius 2 is 1.77 bits per heavy atom. The summed E-state index contributed by atoms with van der Waals surface area (Å²) in [5, 5.41) is 4.17. The van der Waals surface area contributed by atoms with E-state index in [1.807, 2.05) is 26.2 Å². The number of allylic oxidation sites excluding steroid dienone is 1. The molecule has 2 aliphatic rings. The maximum absolute atomic E-state index is 5.45. The molecular weight excluding hydrogens is 430 g/mol. The highest BCUT2D eigenvalue weighted by atomic mass is 16.5. The number of fused-ring (bicyclic) bond motifs is 1. The normalized spacial score (nSPS) is 18.5. The highest BCUT2D eigenvalue weighted by molar-refractivity contribution is 5.82. The molecule has 0 spiro atoms. The quantitative estimate of drug-likeness (QED) is 0.310. The number of aromatic nitrogens is 3. The van der Waals surface area contributed by atoms with Crippen molar-refractivity contribution < 1.29 is 4.52 Å². The molecule has 0 amide bonds. The lowest BCUT2D eigenvalue weighted by atomic mass is 9.83. The van der Waals surface area contributed by atoms with Crippen molar-refractivity contribution in [2.45, 2.75) is 58.3 Å². The monoisotopic (exact) mass is 461 g/mol. The molecule has 0 bridgehead atoms. The van der Waals surface area contributed by atoms with Crippen LogP contribution in [0.4, 0.5) is 0 Å². The van der Waals surface area contributed by atoms with Crippen LogP contribution in [0.15, 0.2) is 71.5 Å². The van der Waals surface area contributed by atoms with E-state index in [2.05, 4.69) is 71.7 Å². The third-order valence-corrected chi connectivity index (χ3v) is 7.73. The van der Waals surface area contributed by atoms with Gasteiger partial charge >= 0.3 is 0 Å². The Balaban J connectivity index is 1.46. The maximum atomic E-state index is 5.45. The standard InChI is InChI=1S/C31H31N3O/c1-19(22-7-5-4-6-8-22)24-11-12-26-15-27(30-20(2)34-35-21(30)3)18-33-31(26)28(16-24)25-13-14-32-29(17-25)23-9-10-23/h4-8,13-19,23-24H,9-12H2,1-3H3. The van der Waals surface area contributed by atoms with Crippen molar-refractivity contribution in [1.82, 2.24) is 15.1 Å². The minimum atomic E-state index is 0.418. The summed E-state index contributed by atoms with van der Waals surface area (Å²) in [5.74, 6) is 2.30. The maximum Gasteiger partial charge on any atom is 0.141 e. The fraction of sp³-hybridized carbons (Fsp3) is 0.323. The first kappa shape index (κ1) is 22.0. The lowest BCUT2D eigenvalue weighted by Crippen LogP contribution is -2.08. The third-order valence-electron chi connectivity index (χ3n) is 7.73. The fourth-order valence-corrected chi connectivity index (χ4v) is 5.52. The molecule has 2 unspecified atom stereocenters. The second-order valence-corrected chi connectivity index (χ2v) is 10.2. The first-order valence-electron chi connectivity index (χ1n) is 12.7. The molecule has 2 aliphatic carbocycles. The number of benzene rings is 1. The molecule has 1 fully saturated rings. The largest absolute Gasteiger partial charge is 0.361 e. The molecule has 4 aromatic rings. The minimum Gasteiger partial charge on any atom is -0.361 e. The van der Waals surface area contributed by atoms with E-state index in [0.717, 1.165) is 41.1 Å². The summed E-state index contributed by atoms with van der Waals surface area (Å²) < 4.78 is 5.45. The van der Waals surface area contributed by atoms with Gasteiger partial charge in [0.1, 0.15) is 5.76 Å². The molecule has 4 heteroatoms. The van der Waals surface area contributed by atoms with E-state index in [9.17, 15) is 0 Å². The first-order valence-corrected chi connectivity index (χ1v) is 12.7. The molecule has 3 aromatic heterocycles. The average molecular weight is 462 g/mol. The van der Waals surface area contributed by atoms with Crippen molar-refractivity contribution in [2.75, 3.05) is 0 Å². The number of aryl methyl sites for hydroxylation is 3. The number of rotatable bonds is 5. The average Bonchev–Trinajstić information content (AvgIpc) is 3.71. The van der Waals surface area contributed by atoms with Crippen molar-refractivity contribution in [3.05, 3.63) is 107 Å². The molecule has 4 nitrogen and oxygen atoms in total. The van der Waals surface area contributed by atoms with E-state index in [-0.39, 0.29) is 0 Å². The molecule has 0 N–H and O–H groups in total. The SMILES string of the molecule is Cc1noc(C)c1-c1cnc2c(c1)CCC(C(C)c1ccccc1)C=C2c1ccnc(C2CC2)c1. The third kappa shape index (κ3) is 4.22. The van der Waals surface area contributed by atoms with Crippen LogP contribution in [0.5, 0.6) is 0 Å². The Morgan fingerprint density at radius 3 is 2.51 bits per heavy atom. The molecule has 0 radical (unpaired) electrons. The Hall–Kier alpha value is -3.53. The molecular formula is C31H31N3O. The van der Waals surface area contributed by atoms with Gasteiger partial charge in [0.25, 0.3) is 0 Å². The summed E-state index contributed by atoms with van der Waals surface area (Å²) in [5.41, 5.74) is 10.5. The highest BCUT2D eigenvalue weighted by Gasteiger charge is 2.28. The van der Waals surface area contributed by atoms with Gasteiger partial charge in [-0.1, -0.05) is 48.5 Å². The van der Waals surface area contributed by atoms with Gasteiger partial charge in [0.05, 0.1) is 11.4 Å². The Kier molecular flexibility index (Phi) is 5.60. The number of nitrogens with zero attached hydrogens (tertiary/aromatic N) is 3. The van der Waals surface area contributed by atoms with Gasteiger partial charge in [-0.25, -0.2) is 0 Å². The predicted molar refractivity (Wildman–Crippen MR) is 139 cm³/mol. The van der Waals surface area contributed by atoms with Crippen molar-refractivity contribution in [3.8, 4) is 11.1 Å². The summed E-state index contributed by atoms with van der Waals surface area (Å²) in [6, 6.07) is 17.6. The van der Waals surface area contributed by atoms with Crippen molar-refractivity contribution in [1.29, 1.82) is 0 Å². The molecule has 3 heterocycles. The van der Waals surface area contributed by atoms with Gasteiger partial charge in [-0.3, -0.25) is 9.97 Å². The van der Waals surface area contributed by atoms with Gasteiger partial charge in [0.15, 0.2) is 0 Å². The summed E-state index contributed by atoms with van der Waals surface area (Å²) in [4.78, 5) is 9.75. The van der Waals surface area contributed by atoms with Gasteiger partial charge < -0.3 is 4.52 Å². The van der Waals surface area contributed by atoms with Gasteiger partial charge in [-0.15, -0.1) is 0 Å². The predicted octanol–water partition coefficient (Wildman–Crippen LogP) is 7.42. The van der Waals surface area contributed by atoms with Crippen LogP contribution in [0.25, 0.3) is 16.7 Å². The molecule has 1 saturated carbocycles. The zero-order valence-corrected chi connectivity index (χ0v) is 20.7. The van der Waals surface area contributed by atoms with Gasteiger partial charge in [0.2, 0.25) is 0 Å². The Morgan fingerprint density at radius 1 is 0.943 bits per heavy atom. The zero-order chi connectivity index (χ0) is 23.9. The molecule has 176 valence electrons. The number of hydrogen-bond donors (Lipinski definition) is 0. The summed E-state index contributed by atoms with van der Waals surface area (Å²) in [6.45, 7) is 6.33. The van der Waals surface area contributed by atoms with Gasteiger partial charge in [-0.2, -0.15) is 0 Å². The minimum absolute atomic E-state index is 0.418. The van der Waals surface area contributed by atoms with Crippen LogP contribution < -0.4 is 0 Å². The molecule has 6 rings (SSSR count). The van der Waals surface area contributed by atoms with Gasteiger partial charge in [0, 0.05) is 40.7 Å². The first-order chi connectivity index (χ1) is 17.1. The van der Waals surface area contributed by atoms with Crippen LogP contribution >= 0.6 is 0 Å². The second kappa shape index (κ2) is 8.92. The lowest BCUT2D eigenvalue weighted by Gasteiger charge is -2.21. The molecule has 35 heavy (non-hydrogen) atoms. The summed E-state index contributed by atoms with van der Waals surface area (Å²) in [6.07, 6.45) is 11.0. The van der Waals surface area contributed by atoms with E-state index in [4.69, 9.17) is 9.51 Å². The van der Waals surface area contributed by atoms with Crippen LogP contribution in [-0.2, 0) is 6.42 Å². The smallest absolute Gasteiger partial charge is 0.141 e. The second-order valence-electron chi connectivity index (χ2n) is 10.2. The molecule has 0 aliphatic heterocycles. The zero-order valence-electron chi connectivity index (χ0n) is 20.7. The molecule has 0 saturated heterocycles. The van der Waals surface area contributed by atoms with Crippen LogP contribution in [-0.4, -0.2) is 15.1 Å². The van der Waals surface area contributed by atoms with E-state index in [1.54, 1.807) is 0 Å². The van der Waals surface area contributed by atoms with Crippen molar-refractivity contribution >= 4 is 5.57 Å². The number of hydrogen-bond acceptors (Lipinski definition) is 4. The highest BCUT2D eigenvalue weighted by Crippen LogP contribution is 2.42. The van der Waals surface area contributed by atoms with Crippen LogP contribution in [0.3, 0.4) is 0 Å². The van der Waals surface area contributed by atoms with E-state index < -0.39 is 0 Å². The van der Waals surface area contributed by atoms with Crippen molar-refractivity contribution in [3.63, 3.8) is 0 Å². The molecule has 1 aromatic carbocycles.